The summed E-state index contributed by atoms with van der Waals surface area (Å²) in [4.78, 5) is 0. The second-order valence-corrected chi connectivity index (χ2v) is 9.47. The van der Waals surface area contributed by atoms with E-state index in [1.165, 1.54) is 0 Å². The predicted molar refractivity (Wildman–Crippen MR) is 77.3 cm³/mol. The van der Waals surface area contributed by atoms with Crippen LogP contribution in [0.5, 0.6) is 0 Å². The molecule has 0 aromatic rings. The quantitative estimate of drug-likeness (QED) is 0.212. The molecule has 0 saturated heterocycles. The van der Waals surface area contributed by atoms with Gasteiger partial charge in [0.2, 0.25) is 0 Å². The first kappa shape index (κ1) is 30.0. The van der Waals surface area contributed by atoms with Crippen molar-refractivity contribution in [3.63, 3.8) is 0 Å². The van der Waals surface area contributed by atoms with Gasteiger partial charge in [-0.3, -0.25) is 0 Å². The molecule has 0 aliphatic heterocycles. The van der Waals surface area contributed by atoms with Crippen LogP contribution in [0.2, 0.25) is 6.04 Å². The fraction of sp³-hybridized carbons (Fsp3) is 1.00. The number of hydrogen-bond acceptors (Lipinski definition) is 3. The Morgan fingerprint density at radius 2 is 0.806 bits per heavy atom. The highest BCUT2D eigenvalue weighted by Crippen LogP contribution is 2.62. The van der Waals surface area contributed by atoms with Gasteiger partial charge in [0.1, 0.15) is 0 Å². The monoisotopic (exact) mass is 515 g/mol. The van der Waals surface area contributed by atoms with Gasteiger partial charge < -0.3 is 16.2 Å². The summed E-state index contributed by atoms with van der Waals surface area (Å²) < 4.78 is 195. The maximum absolute atomic E-state index is 13.5. The number of halogens is 15. The van der Waals surface area contributed by atoms with Crippen molar-refractivity contribution in [2.75, 3.05) is 0 Å². The molecule has 0 aliphatic carbocycles. The molecule has 0 aromatic carbocycles. The Balaban J connectivity index is 5.83. The highest BCUT2D eigenvalue weighted by Gasteiger charge is 2.93. The average Bonchev–Trinajstić information content (AvgIpc) is 2.51. The lowest BCUT2D eigenvalue weighted by Gasteiger charge is -2.41. The first-order valence-electron chi connectivity index (χ1n) is 7.91. The zero-order chi connectivity index (χ0) is 25.5. The van der Waals surface area contributed by atoms with Crippen LogP contribution in [0.3, 0.4) is 0 Å². The van der Waals surface area contributed by atoms with Gasteiger partial charge in [0.05, 0.1) is 0 Å². The molecule has 188 valence electrons. The summed E-state index contributed by atoms with van der Waals surface area (Å²) in [6.45, 7) is 0. The molecule has 0 spiro atoms. The van der Waals surface area contributed by atoms with Crippen LogP contribution in [-0.2, 0) is 0 Å². The van der Waals surface area contributed by atoms with Crippen molar-refractivity contribution in [1.82, 2.24) is 0 Å². The van der Waals surface area contributed by atoms with Crippen molar-refractivity contribution < 1.29 is 65.9 Å². The summed E-state index contributed by atoms with van der Waals surface area (Å²) in [6.07, 6.45) is -11.8. The average molecular weight is 515 g/mol. The third kappa shape index (κ3) is 5.35. The Hall–Kier alpha value is -0.953. The molecular formula is C12H16F15N3Si. The van der Waals surface area contributed by atoms with Crippen LogP contribution in [0, 0.1) is 0 Å². The van der Waals surface area contributed by atoms with E-state index in [9.17, 15) is 65.9 Å². The molecule has 0 heterocycles. The zero-order valence-electron chi connectivity index (χ0n) is 14.9. The van der Waals surface area contributed by atoms with Gasteiger partial charge in [-0.15, -0.1) is 0 Å². The highest BCUT2D eigenvalue weighted by molar-refractivity contribution is 6.70. The summed E-state index contributed by atoms with van der Waals surface area (Å²) in [5, 5.41) is 15.6. The minimum Gasteiger partial charge on any atom is -0.327 e. The van der Waals surface area contributed by atoms with Crippen molar-refractivity contribution in [3.8, 4) is 0 Å². The Morgan fingerprint density at radius 1 is 0.452 bits per heavy atom. The largest absolute Gasteiger partial charge is 0.460 e. The fourth-order valence-electron chi connectivity index (χ4n) is 2.11. The van der Waals surface area contributed by atoms with Crippen LogP contribution in [0.1, 0.15) is 25.7 Å². The molecule has 0 unspecified atom stereocenters. The molecule has 3 nitrogen and oxygen atoms in total. The predicted octanol–water partition coefficient (Wildman–Crippen LogP) is 4.74. The van der Waals surface area contributed by atoms with Gasteiger partial charge in [0, 0.05) is 6.42 Å². The van der Waals surface area contributed by atoms with E-state index in [1.54, 1.807) is 0 Å². The molecule has 0 fully saturated rings. The van der Waals surface area contributed by atoms with E-state index >= 15 is 0 Å². The molecule has 6 N–H and O–H groups in total. The summed E-state index contributed by atoms with van der Waals surface area (Å²) in [6, 6.07) is -0.179. The Kier molecular flexibility index (Phi) is 8.18. The third-order valence-corrected chi connectivity index (χ3v) is 5.21. The van der Waals surface area contributed by atoms with Crippen molar-refractivity contribution in [3.05, 3.63) is 0 Å². The summed E-state index contributed by atoms with van der Waals surface area (Å²) >= 11 is 0. The van der Waals surface area contributed by atoms with Gasteiger partial charge in [-0.2, -0.15) is 65.9 Å². The maximum atomic E-state index is 13.5. The Labute approximate surface area is 165 Å². The fourth-order valence-corrected chi connectivity index (χ4v) is 2.97. The minimum atomic E-state index is -8.25. The lowest BCUT2D eigenvalue weighted by molar-refractivity contribution is -0.452. The second-order valence-electron chi connectivity index (χ2n) is 6.75. The smallest absolute Gasteiger partial charge is 0.327 e. The molecule has 0 saturated carbocycles. The molecule has 0 amide bonds. The van der Waals surface area contributed by atoms with Crippen LogP contribution in [0.15, 0.2) is 0 Å². The van der Waals surface area contributed by atoms with Crippen LogP contribution < -0.4 is 16.2 Å². The van der Waals surface area contributed by atoms with E-state index in [4.69, 9.17) is 16.2 Å². The molecule has 19 heteroatoms. The van der Waals surface area contributed by atoms with Gasteiger partial charge in [0.25, 0.3) is 8.56 Å². The zero-order valence-corrected chi connectivity index (χ0v) is 15.9. The lowest BCUT2D eigenvalue weighted by Crippen LogP contribution is -2.72. The standard InChI is InChI=1S/C12H16F15N3Si/c13-6(14,4-2-1-3-5-31(28,29)30)7(15,16)8(17,18)9(19,20)10(21,22)11(23,24)12(25,26)27/h1-5,28-30H2. The van der Waals surface area contributed by atoms with Crippen LogP contribution >= 0.6 is 0 Å². The molecule has 0 radical (unpaired) electrons. The van der Waals surface area contributed by atoms with E-state index in [0.29, 0.717) is 0 Å². The molecule has 0 aromatic heterocycles. The van der Waals surface area contributed by atoms with Crippen molar-refractivity contribution in [2.24, 2.45) is 16.2 Å². The third-order valence-electron chi connectivity index (χ3n) is 3.99. The molecule has 0 bridgehead atoms. The number of alkyl halides is 15. The summed E-state index contributed by atoms with van der Waals surface area (Å²) in [7, 11) is -3.20. The second kappa shape index (κ2) is 8.43. The first-order chi connectivity index (χ1) is 13.2. The highest BCUT2D eigenvalue weighted by atomic mass is 28.4. The van der Waals surface area contributed by atoms with Crippen LogP contribution in [0.4, 0.5) is 65.9 Å². The van der Waals surface area contributed by atoms with Gasteiger partial charge in [0.15, 0.2) is 0 Å². The maximum Gasteiger partial charge on any atom is 0.460 e. The van der Waals surface area contributed by atoms with E-state index in [0.717, 1.165) is 0 Å². The van der Waals surface area contributed by atoms with Crippen LogP contribution in [0.25, 0.3) is 0 Å². The summed E-state index contributed by atoms with van der Waals surface area (Å²) in [5.74, 6) is -46.2. The van der Waals surface area contributed by atoms with E-state index < -0.39 is 69.5 Å². The van der Waals surface area contributed by atoms with E-state index in [2.05, 4.69) is 0 Å². The van der Waals surface area contributed by atoms with Gasteiger partial charge in [-0.05, 0) is 12.5 Å². The normalized spacial score (nSPS) is 16.1. The van der Waals surface area contributed by atoms with Crippen molar-refractivity contribution in [2.45, 2.75) is 73.4 Å². The van der Waals surface area contributed by atoms with Gasteiger partial charge in [-0.25, -0.2) is 0 Å². The Morgan fingerprint density at radius 3 is 1.16 bits per heavy atom. The van der Waals surface area contributed by atoms with Gasteiger partial charge in [-0.1, -0.05) is 12.8 Å². The SMILES string of the molecule is N[Si](N)(N)CCCCCC(F)(F)C(F)(F)C(F)(F)C(F)(F)C(F)(F)C(F)(F)C(F)(F)F. The minimum absolute atomic E-state index is 0.179. The lowest BCUT2D eigenvalue weighted by atomic mass is 9.89. The molecule has 31 heavy (non-hydrogen) atoms. The van der Waals surface area contributed by atoms with E-state index in [1.807, 2.05) is 0 Å². The van der Waals surface area contributed by atoms with E-state index in [-0.39, 0.29) is 12.5 Å². The first-order valence-corrected chi connectivity index (χ1v) is 10.3. The molecule has 0 aliphatic rings. The molecule has 0 rings (SSSR count). The van der Waals surface area contributed by atoms with Gasteiger partial charge >= 0.3 is 41.7 Å². The molecular weight excluding hydrogens is 499 g/mol. The van der Waals surface area contributed by atoms with Crippen molar-refractivity contribution >= 4 is 8.56 Å². The number of rotatable bonds is 11. The summed E-state index contributed by atoms with van der Waals surface area (Å²) in [5.41, 5.74) is 0. The number of nitrogens with two attached hydrogens (primary N) is 3. The van der Waals surface area contributed by atoms with Crippen molar-refractivity contribution in [1.29, 1.82) is 0 Å². The molecule has 0 atom stereocenters. The Bertz CT molecular complexity index is 611. The number of hydrogen-bond donors (Lipinski definition) is 3. The topological polar surface area (TPSA) is 78.1 Å². The van der Waals surface area contributed by atoms with Crippen LogP contribution in [-0.4, -0.2) is 50.3 Å². The number of unbranched alkanes of at least 4 members (excludes halogenated alkanes) is 2.